The van der Waals surface area contributed by atoms with Gasteiger partial charge in [0.05, 0.1) is 14.2 Å². The molecule has 0 amide bonds. The predicted molar refractivity (Wildman–Crippen MR) is 71.1 cm³/mol. The van der Waals surface area contributed by atoms with Gasteiger partial charge < -0.3 is 20.3 Å². The van der Waals surface area contributed by atoms with Crippen molar-refractivity contribution in [2.75, 3.05) is 20.0 Å². The lowest BCUT2D eigenvalue weighted by molar-refractivity contribution is 0.355. The van der Waals surface area contributed by atoms with Crippen molar-refractivity contribution in [2.24, 2.45) is 0 Å². The molecule has 4 nitrogen and oxygen atoms in total. The highest BCUT2D eigenvalue weighted by atomic mass is 16.5. The Morgan fingerprint density at radius 3 is 2.33 bits per heavy atom. The SMILES string of the molecule is COc1ccc(-c2cc(N)ccc2O)cc1OC. The number of aromatic hydroxyl groups is 1. The fraction of sp³-hybridized carbons (Fsp3) is 0.143. The Bertz CT molecular complexity index is 567. The summed E-state index contributed by atoms with van der Waals surface area (Å²) in [4.78, 5) is 0. The van der Waals surface area contributed by atoms with Crippen LogP contribution in [-0.4, -0.2) is 19.3 Å². The molecule has 0 radical (unpaired) electrons. The van der Waals surface area contributed by atoms with Crippen LogP contribution in [0.5, 0.6) is 17.2 Å². The number of rotatable bonds is 3. The van der Waals surface area contributed by atoms with Crippen LogP contribution in [0.15, 0.2) is 36.4 Å². The topological polar surface area (TPSA) is 64.7 Å². The lowest BCUT2D eigenvalue weighted by Gasteiger charge is -2.11. The summed E-state index contributed by atoms with van der Waals surface area (Å²) in [5.41, 5.74) is 7.80. The van der Waals surface area contributed by atoms with Crippen LogP contribution >= 0.6 is 0 Å². The molecule has 18 heavy (non-hydrogen) atoms. The lowest BCUT2D eigenvalue weighted by Crippen LogP contribution is -1.91. The standard InChI is InChI=1S/C14H15NO3/c1-17-13-6-3-9(7-14(13)18-2)11-8-10(15)4-5-12(11)16/h3-8,16H,15H2,1-2H3. The van der Waals surface area contributed by atoms with E-state index in [1.165, 1.54) is 0 Å². The molecule has 2 rings (SSSR count). The molecular formula is C14H15NO3. The number of benzene rings is 2. The first-order valence-electron chi connectivity index (χ1n) is 5.46. The van der Waals surface area contributed by atoms with Gasteiger partial charge in [0.1, 0.15) is 5.75 Å². The second kappa shape index (κ2) is 4.87. The molecule has 0 fully saturated rings. The van der Waals surface area contributed by atoms with Gasteiger partial charge in [0, 0.05) is 11.3 Å². The molecule has 0 aliphatic rings. The molecule has 0 unspecified atom stereocenters. The van der Waals surface area contributed by atoms with Crippen molar-refractivity contribution in [1.82, 2.24) is 0 Å². The third-order valence-corrected chi connectivity index (χ3v) is 2.72. The number of hydrogen-bond donors (Lipinski definition) is 2. The molecule has 2 aromatic carbocycles. The molecule has 0 heterocycles. The lowest BCUT2D eigenvalue weighted by atomic mass is 10.0. The van der Waals surface area contributed by atoms with E-state index < -0.39 is 0 Å². The van der Waals surface area contributed by atoms with Gasteiger partial charge in [-0.2, -0.15) is 0 Å². The second-order valence-corrected chi connectivity index (χ2v) is 3.85. The van der Waals surface area contributed by atoms with Gasteiger partial charge in [0.15, 0.2) is 11.5 Å². The molecule has 3 N–H and O–H groups in total. The number of ether oxygens (including phenoxy) is 2. The summed E-state index contributed by atoms with van der Waals surface area (Å²) in [7, 11) is 3.15. The van der Waals surface area contributed by atoms with E-state index in [1.54, 1.807) is 44.6 Å². The zero-order valence-corrected chi connectivity index (χ0v) is 10.3. The average molecular weight is 245 g/mol. The molecule has 0 saturated carbocycles. The summed E-state index contributed by atoms with van der Waals surface area (Å²) >= 11 is 0. The molecule has 0 aliphatic carbocycles. The maximum absolute atomic E-state index is 9.85. The third kappa shape index (κ3) is 2.18. The minimum Gasteiger partial charge on any atom is -0.507 e. The van der Waals surface area contributed by atoms with Crippen molar-refractivity contribution in [3.63, 3.8) is 0 Å². The van der Waals surface area contributed by atoms with Gasteiger partial charge in [-0.1, -0.05) is 6.07 Å². The first-order chi connectivity index (χ1) is 8.65. The largest absolute Gasteiger partial charge is 0.507 e. The summed E-state index contributed by atoms with van der Waals surface area (Å²) in [5.74, 6) is 1.43. The highest BCUT2D eigenvalue weighted by molar-refractivity contribution is 5.75. The van der Waals surface area contributed by atoms with Crippen molar-refractivity contribution in [3.8, 4) is 28.4 Å². The van der Waals surface area contributed by atoms with Gasteiger partial charge in [-0.25, -0.2) is 0 Å². The van der Waals surface area contributed by atoms with E-state index >= 15 is 0 Å². The van der Waals surface area contributed by atoms with Crippen molar-refractivity contribution < 1.29 is 14.6 Å². The summed E-state index contributed by atoms with van der Waals surface area (Å²) in [5, 5.41) is 9.85. The number of phenols is 1. The summed E-state index contributed by atoms with van der Waals surface area (Å²) in [6.45, 7) is 0. The number of nitrogen functional groups attached to an aromatic ring is 1. The van der Waals surface area contributed by atoms with Gasteiger partial charge in [-0.05, 0) is 35.9 Å². The zero-order chi connectivity index (χ0) is 13.1. The zero-order valence-electron chi connectivity index (χ0n) is 10.3. The second-order valence-electron chi connectivity index (χ2n) is 3.85. The molecule has 94 valence electrons. The van der Waals surface area contributed by atoms with E-state index in [4.69, 9.17) is 15.2 Å². The van der Waals surface area contributed by atoms with Crippen molar-refractivity contribution in [1.29, 1.82) is 0 Å². The predicted octanol–water partition coefficient (Wildman–Crippen LogP) is 2.66. The quantitative estimate of drug-likeness (QED) is 0.644. The van der Waals surface area contributed by atoms with Gasteiger partial charge in [-0.3, -0.25) is 0 Å². The number of hydrogen-bond acceptors (Lipinski definition) is 4. The van der Waals surface area contributed by atoms with Crippen LogP contribution in [0, 0.1) is 0 Å². The minimum atomic E-state index is 0.177. The Balaban J connectivity index is 2.54. The number of methoxy groups -OCH3 is 2. The van der Waals surface area contributed by atoms with E-state index in [9.17, 15) is 5.11 Å². The Morgan fingerprint density at radius 1 is 0.944 bits per heavy atom. The van der Waals surface area contributed by atoms with Crippen LogP contribution < -0.4 is 15.2 Å². The fourth-order valence-corrected chi connectivity index (χ4v) is 1.79. The Hall–Kier alpha value is -2.36. The maximum atomic E-state index is 9.85. The van der Waals surface area contributed by atoms with Gasteiger partial charge in [0.2, 0.25) is 0 Å². The highest BCUT2D eigenvalue weighted by Crippen LogP contribution is 2.36. The normalized spacial score (nSPS) is 10.1. The van der Waals surface area contributed by atoms with Crippen LogP contribution in [0.3, 0.4) is 0 Å². The molecule has 0 saturated heterocycles. The van der Waals surface area contributed by atoms with E-state index in [0.29, 0.717) is 22.7 Å². The molecule has 2 aromatic rings. The van der Waals surface area contributed by atoms with Crippen LogP contribution in [-0.2, 0) is 0 Å². The average Bonchev–Trinajstić information content (AvgIpc) is 2.40. The van der Waals surface area contributed by atoms with Gasteiger partial charge >= 0.3 is 0 Å². The van der Waals surface area contributed by atoms with Gasteiger partial charge in [-0.15, -0.1) is 0 Å². The molecule has 4 heteroatoms. The summed E-state index contributed by atoms with van der Waals surface area (Å²) in [6, 6.07) is 10.4. The van der Waals surface area contributed by atoms with Crippen LogP contribution in [0.25, 0.3) is 11.1 Å². The number of nitrogens with two attached hydrogens (primary N) is 1. The smallest absolute Gasteiger partial charge is 0.161 e. The van der Waals surface area contributed by atoms with Crippen LogP contribution in [0.4, 0.5) is 5.69 Å². The summed E-state index contributed by atoms with van der Waals surface area (Å²) in [6.07, 6.45) is 0. The molecular weight excluding hydrogens is 230 g/mol. The fourth-order valence-electron chi connectivity index (χ4n) is 1.79. The van der Waals surface area contributed by atoms with Gasteiger partial charge in [0.25, 0.3) is 0 Å². The molecule has 0 atom stereocenters. The summed E-state index contributed by atoms with van der Waals surface area (Å²) < 4.78 is 10.4. The molecule has 0 spiro atoms. The van der Waals surface area contributed by atoms with E-state index in [2.05, 4.69) is 0 Å². The maximum Gasteiger partial charge on any atom is 0.161 e. The van der Waals surface area contributed by atoms with E-state index in [-0.39, 0.29) is 5.75 Å². The Labute approximate surface area is 106 Å². The highest BCUT2D eigenvalue weighted by Gasteiger charge is 2.09. The van der Waals surface area contributed by atoms with Crippen molar-refractivity contribution >= 4 is 5.69 Å². The van der Waals surface area contributed by atoms with Crippen molar-refractivity contribution in [2.45, 2.75) is 0 Å². The first-order valence-corrected chi connectivity index (χ1v) is 5.46. The third-order valence-electron chi connectivity index (χ3n) is 2.72. The van der Waals surface area contributed by atoms with Crippen LogP contribution in [0.2, 0.25) is 0 Å². The molecule has 0 aromatic heterocycles. The van der Waals surface area contributed by atoms with Crippen molar-refractivity contribution in [3.05, 3.63) is 36.4 Å². The monoisotopic (exact) mass is 245 g/mol. The number of anilines is 1. The van der Waals surface area contributed by atoms with E-state index in [0.717, 1.165) is 5.56 Å². The minimum absolute atomic E-state index is 0.177. The van der Waals surface area contributed by atoms with Crippen LogP contribution in [0.1, 0.15) is 0 Å². The Kier molecular flexibility index (Phi) is 3.28. The number of phenolic OH excluding ortho intramolecular Hbond substituents is 1. The Morgan fingerprint density at radius 2 is 1.67 bits per heavy atom. The molecule has 0 bridgehead atoms. The first kappa shape index (κ1) is 12.1. The molecule has 0 aliphatic heterocycles. The van der Waals surface area contributed by atoms with E-state index in [1.807, 2.05) is 6.07 Å².